The molecule has 4 N–H and O–H groups in total. The van der Waals surface area contributed by atoms with Gasteiger partial charge >= 0.3 is 0 Å². The van der Waals surface area contributed by atoms with Crippen LogP contribution in [0.15, 0.2) is 5.38 Å². The second-order valence-electron chi connectivity index (χ2n) is 3.47. The van der Waals surface area contributed by atoms with Crippen LogP contribution in [-0.4, -0.2) is 47.0 Å². The van der Waals surface area contributed by atoms with Crippen molar-refractivity contribution in [2.75, 3.05) is 19.7 Å². The summed E-state index contributed by atoms with van der Waals surface area (Å²) in [4.78, 5) is 16.5. The van der Waals surface area contributed by atoms with Crippen LogP contribution in [0.3, 0.4) is 0 Å². The van der Waals surface area contributed by atoms with Gasteiger partial charge in [-0.05, 0) is 0 Å². The van der Waals surface area contributed by atoms with E-state index in [-0.39, 0.29) is 24.7 Å². The highest BCUT2D eigenvalue weighted by Gasteiger charge is 2.15. The number of alkyl halides is 2. The molecular weight excluding hydrogens is 266 g/mol. The molecule has 0 fully saturated rings. The van der Waals surface area contributed by atoms with Gasteiger partial charge < -0.3 is 5.11 Å². The number of nitrogens with two attached hydrogens (primary N) is 1. The maximum absolute atomic E-state index is 12.3. The Morgan fingerprint density at radius 3 is 2.94 bits per heavy atom. The fraction of sp³-hybridized carbons (Fsp3) is 0.556. The predicted octanol–water partition coefficient (Wildman–Crippen LogP) is -0.194. The van der Waals surface area contributed by atoms with Crippen LogP contribution in [0.25, 0.3) is 0 Å². The summed E-state index contributed by atoms with van der Waals surface area (Å²) in [5.41, 5.74) is 2.43. The van der Waals surface area contributed by atoms with E-state index in [9.17, 15) is 13.6 Å². The first-order chi connectivity index (χ1) is 8.56. The van der Waals surface area contributed by atoms with E-state index in [1.807, 2.05) is 5.43 Å². The largest absolute Gasteiger partial charge is 0.395 e. The van der Waals surface area contributed by atoms with Gasteiger partial charge in [0.25, 0.3) is 12.3 Å². The van der Waals surface area contributed by atoms with E-state index < -0.39 is 18.9 Å². The van der Waals surface area contributed by atoms with Crippen molar-refractivity contribution in [2.24, 2.45) is 5.84 Å². The Balaban J connectivity index is 2.63. The molecule has 6 nitrogen and oxygen atoms in total. The highest BCUT2D eigenvalue weighted by molar-refractivity contribution is 7.11. The molecule has 0 radical (unpaired) electrons. The van der Waals surface area contributed by atoms with E-state index in [1.165, 1.54) is 4.90 Å². The number of nitrogens with one attached hydrogen (secondary N) is 1. The monoisotopic (exact) mass is 280 g/mol. The Morgan fingerprint density at radius 1 is 1.67 bits per heavy atom. The van der Waals surface area contributed by atoms with Crippen molar-refractivity contribution in [2.45, 2.75) is 13.0 Å². The van der Waals surface area contributed by atoms with Crippen LogP contribution in [0, 0.1) is 0 Å². The third-order valence-corrected chi connectivity index (χ3v) is 2.96. The molecule has 0 aliphatic carbocycles. The van der Waals surface area contributed by atoms with E-state index in [0.29, 0.717) is 5.69 Å². The molecule has 1 heterocycles. The first-order valence-corrected chi connectivity index (χ1v) is 6.01. The molecule has 1 aromatic rings. The average Bonchev–Trinajstić information content (AvgIpc) is 2.76. The Bertz CT molecular complexity index is 388. The molecule has 0 unspecified atom stereocenters. The lowest BCUT2D eigenvalue weighted by Crippen LogP contribution is -2.32. The number of aromatic nitrogens is 1. The fourth-order valence-corrected chi connectivity index (χ4v) is 2.06. The van der Waals surface area contributed by atoms with Gasteiger partial charge in [-0.25, -0.2) is 19.6 Å². The van der Waals surface area contributed by atoms with Gasteiger partial charge in [-0.15, -0.1) is 11.3 Å². The van der Waals surface area contributed by atoms with Gasteiger partial charge in [0.2, 0.25) is 0 Å². The number of carbonyl (C=O) groups excluding carboxylic acids is 1. The van der Waals surface area contributed by atoms with Crippen molar-refractivity contribution in [3.05, 3.63) is 16.1 Å². The first kappa shape index (κ1) is 14.9. The van der Waals surface area contributed by atoms with Crippen molar-refractivity contribution in [3.8, 4) is 0 Å². The Morgan fingerprint density at radius 2 is 2.39 bits per heavy atom. The number of nitrogen functional groups attached to an aromatic ring is 1. The smallest absolute Gasteiger partial charge is 0.294 e. The van der Waals surface area contributed by atoms with Gasteiger partial charge in [-0.1, -0.05) is 0 Å². The number of thiazole rings is 1. The summed E-state index contributed by atoms with van der Waals surface area (Å²) in [5.74, 6) is 4.43. The van der Waals surface area contributed by atoms with Crippen LogP contribution in [0.2, 0.25) is 0 Å². The van der Waals surface area contributed by atoms with Crippen molar-refractivity contribution >= 4 is 17.2 Å². The highest BCUT2D eigenvalue weighted by atomic mass is 32.1. The molecule has 0 atom stereocenters. The molecule has 102 valence electrons. The second kappa shape index (κ2) is 7.31. The zero-order valence-corrected chi connectivity index (χ0v) is 10.3. The standard InChI is InChI=1S/C9H14F2N4O2S/c10-7(11)4-15(1-2-16)3-6-5-18-9(13-6)8(17)14-12/h5,7,16H,1-4,12H2,(H,14,17). The SMILES string of the molecule is NNC(=O)c1nc(CN(CCO)CC(F)F)cs1. The van der Waals surface area contributed by atoms with Gasteiger partial charge in [-0.3, -0.25) is 15.1 Å². The predicted molar refractivity (Wildman–Crippen MR) is 62.1 cm³/mol. The van der Waals surface area contributed by atoms with Crippen LogP contribution in [0.5, 0.6) is 0 Å². The number of hydrogen-bond donors (Lipinski definition) is 3. The van der Waals surface area contributed by atoms with Gasteiger partial charge in [-0.2, -0.15) is 0 Å². The second-order valence-corrected chi connectivity index (χ2v) is 4.33. The molecule has 1 rings (SSSR count). The highest BCUT2D eigenvalue weighted by Crippen LogP contribution is 2.12. The lowest BCUT2D eigenvalue weighted by Gasteiger charge is -2.19. The number of rotatable bonds is 7. The zero-order valence-electron chi connectivity index (χ0n) is 9.47. The quantitative estimate of drug-likeness (QED) is 0.366. The first-order valence-electron chi connectivity index (χ1n) is 5.13. The number of carbonyl (C=O) groups is 1. The Hall–Kier alpha value is -1.16. The molecule has 18 heavy (non-hydrogen) atoms. The number of aliphatic hydroxyl groups excluding tert-OH is 1. The third-order valence-electron chi connectivity index (χ3n) is 2.08. The number of hydrazine groups is 1. The van der Waals surface area contributed by atoms with Crippen LogP contribution in [-0.2, 0) is 6.54 Å². The van der Waals surface area contributed by atoms with Gasteiger partial charge in [0.15, 0.2) is 5.01 Å². The maximum atomic E-state index is 12.3. The van der Waals surface area contributed by atoms with Crippen LogP contribution in [0.1, 0.15) is 15.5 Å². The molecule has 1 aromatic heterocycles. The van der Waals surface area contributed by atoms with Crippen molar-refractivity contribution in [1.82, 2.24) is 15.3 Å². The van der Waals surface area contributed by atoms with Crippen LogP contribution in [0.4, 0.5) is 8.78 Å². The molecule has 0 saturated heterocycles. The molecule has 9 heteroatoms. The summed E-state index contributed by atoms with van der Waals surface area (Å²) in [6, 6.07) is 0. The Labute approximate surface area is 106 Å². The summed E-state index contributed by atoms with van der Waals surface area (Å²) in [7, 11) is 0. The fourth-order valence-electron chi connectivity index (χ4n) is 1.35. The summed E-state index contributed by atoms with van der Waals surface area (Å²) in [6.07, 6.45) is -2.48. The van der Waals surface area contributed by atoms with E-state index in [1.54, 1.807) is 5.38 Å². The molecular formula is C9H14F2N4O2S. The maximum Gasteiger partial charge on any atom is 0.294 e. The lowest BCUT2D eigenvalue weighted by molar-refractivity contribution is 0.0740. The summed E-state index contributed by atoms with van der Waals surface area (Å²) in [5, 5.41) is 10.5. The lowest BCUT2D eigenvalue weighted by atomic mass is 10.4. The normalized spacial score (nSPS) is 11.2. The molecule has 0 aliphatic rings. The van der Waals surface area contributed by atoms with E-state index in [4.69, 9.17) is 10.9 Å². The van der Waals surface area contributed by atoms with Crippen molar-refractivity contribution < 1.29 is 18.7 Å². The molecule has 0 aliphatic heterocycles. The minimum absolute atomic E-state index is 0.125. The summed E-state index contributed by atoms with van der Waals surface area (Å²) >= 11 is 1.08. The van der Waals surface area contributed by atoms with Crippen molar-refractivity contribution in [3.63, 3.8) is 0 Å². The minimum atomic E-state index is -2.48. The number of aliphatic hydroxyl groups is 1. The number of halogens is 2. The topological polar surface area (TPSA) is 91.5 Å². The van der Waals surface area contributed by atoms with Gasteiger partial charge in [0.05, 0.1) is 18.8 Å². The number of amides is 1. The number of hydrogen-bond acceptors (Lipinski definition) is 6. The Kier molecular flexibility index (Phi) is 6.05. The zero-order chi connectivity index (χ0) is 13.5. The summed E-state index contributed by atoms with van der Waals surface area (Å²) in [6.45, 7) is -0.386. The molecule has 1 amide bonds. The summed E-state index contributed by atoms with van der Waals surface area (Å²) < 4.78 is 24.6. The van der Waals surface area contributed by atoms with Gasteiger partial charge in [0.1, 0.15) is 0 Å². The van der Waals surface area contributed by atoms with E-state index in [2.05, 4.69) is 4.98 Å². The van der Waals surface area contributed by atoms with Crippen molar-refractivity contribution in [1.29, 1.82) is 0 Å². The molecule has 0 aromatic carbocycles. The average molecular weight is 280 g/mol. The van der Waals surface area contributed by atoms with Crippen LogP contribution >= 0.6 is 11.3 Å². The third kappa shape index (κ3) is 4.61. The minimum Gasteiger partial charge on any atom is -0.395 e. The van der Waals surface area contributed by atoms with Crippen LogP contribution < -0.4 is 11.3 Å². The van der Waals surface area contributed by atoms with E-state index >= 15 is 0 Å². The molecule has 0 spiro atoms. The number of nitrogens with zero attached hydrogens (tertiary/aromatic N) is 2. The molecule has 0 saturated carbocycles. The molecule has 0 bridgehead atoms. The van der Waals surface area contributed by atoms with E-state index in [0.717, 1.165) is 11.3 Å². The van der Waals surface area contributed by atoms with Gasteiger partial charge in [0, 0.05) is 18.5 Å².